The van der Waals surface area contributed by atoms with E-state index in [1.807, 2.05) is 0 Å². The minimum atomic E-state index is -1.02. The number of nitrogens with zero attached hydrogens (tertiary/aromatic N) is 2. The van der Waals surface area contributed by atoms with E-state index < -0.39 is 5.97 Å². The monoisotopic (exact) mass is 194 g/mol. The number of carboxylic acids is 1. The van der Waals surface area contributed by atoms with E-state index >= 15 is 0 Å². The first kappa shape index (κ1) is 9.08. The van der Waals surface area contributed by atoms with Gasteiger partial charge in [0.2, 0.25) is 0 Å². The van der Waals surface area contributed by atoms with Gasteiger partial charge in [-0.1, -0.05) is 0 Å². The van der Waals surface area contributed by atoms with E-state index in [1.165, 1.54) is 12.3 Å². The highest BCUT2D eigenvalue weighted by Gasteiger charge is 2.21. The van der Waals surface area contributed by atoms with Crippen molar-refractivity contribution in [3.05, 3.63) is 23.8 Å². The molecule has 2 heterocycles. The average Bonchev–Trinajstić information content (AvgIpc) is 2.71. The number of carbonyl (C=O) groups is 1. The first-order chi connectivity index (χ1) is 6.77. The summed E-state index contributed by atoms with van der Waals surface area (Å²) in [6, 6.07) is 1.39. The van der Waals surface area contributed by atoms with Crippen molar-refractivity contribution in [2.45, 2.75) is 12.3 Å². The largest absolute Gasteiger partial charge is 0.477 e. The molecule has 0 aliphatic carbocycles. The zero-order valence-corrected chi connectivity index (χ0v) is 7.51. The fraction of sp³-hybridized carbons (Fsp3) is 0.444. The molecule has 0 aromatic carbocycles. The third-order valence-corrected chi connectivity index (χ3v) is 2.19. The Morgan fingerprint density at radius 1 is 1.64 bits per heavy atom. The molecule has 1 fully saturated rings. The van der Waals surface area contributed by atoms with Crippen molar-refractivity contribution in [1.29, 1.82) is 0 Å². The summed E-state index contributed by atoms with van der Waals surface area (Å²) in [7, 11) is 0. The molecule has 1 N–H and O–H groups in total. The highest BCUT2D eigenvalue weighted by molar-refractivity contribution is 5.85. The lowest BCUT2D eigenvalue weighted by Crippen LogP contribution is -2.08. The van der Waals surface area contributed by atoms with Gasteiger partial charge in [-0.15, -0.1) is 0 Å². The molecular weight excluding hydrogens is 184 g/mol. The summed E-state index contributed by atoms with van der Waals surface area (Å²) in [4.78, 5) is 18.7. The van der Waals surface area contributed by atoms with Crippen LogP contribution in [-0.2, 0) is 4.74 Å². The summed E-state index contributed by atoms with van der Waals surface area (Å²) >= 11 is 0. The summed E-state index contributed by atoms with van der Waals surface area (Å²) in [6.07, 6.45) is 2.34. The topological polar surface area (TPSA) is 72.3 Å². The molecule has 5 nitrogen and oxygen atoms in total. The van der Waals surface area contributed by atoms with Crippen molar-refractivity contribution in [3.8, 4) is 0 Å². The van der Waals surface area contributed by atoms with E-state index in [1.54, 1.807) is 0 Å². The molecule has 14 heavy (non-hydrogen) atoms. The van der Waals surface area contributed by atoms with Crippen LogP contribution in [-0.4, -0.2) is 34.3 Å². The Morgan fingerprint density at radius 2 is 2.50 bits per heavy atom. The molecule has 0 radical (unpaired) electrons. The highest BCUT2D eigenvalue weighted by Crippen LogP contribution is 2.21. The molecular formula is C9H10N2O3. The van der Waals surface area contributed by atoms with Gasteiger partial charge in [-0.05, 0) is 12.5 Å². The molecule has 74 valence electrons. The molecule has 2 rings (SSSR count). The van der Waals surface area contributed by atoms with Gasteiger partial charge < -0.3 is 9.84 Å². The number of hydrogen-bond acceptors (Lipinski definition) is 4. The van der Waals surface area contributed by atoms with Gasteiger partial charge in [-0.25, -0.2) is 14.8 Å². The highest BCUT2D eigenvalue weighted by atomic mass is 16.5. The summed E-state index contributed by atoms with van der Waals surface area (Å²) in [5.41, 5.74) is 0.0434. The average molecular weight is 194 g/mol. The Balaban J connectivity index is 2.25. The Labute approximate surface area is 80.8 Å². The maximum atomic E-state index is 10.6. The van der Waals surface area contributed by atoms with E-state index in [9.17, 15) is 4.79 Å². The Bertz CT molecular complexity index is 348. The summed E-state index contributed by atoms with van der Waals surface area (Å²) in [6.45, 7) is 1.29. The van der Waals surface area contributed by atoms with Gasteiger partial charge in [0.05, 0.1) is 6.61 Å². The number of aromatic carboxylic acids is 1. The second-order valence-corrected chi connectivity index (χ2v) is 3.17. The molecule has 0 bridgehead atoms. The van der Waals surface area contributed by atoms with Gasteiger partial charge in [0.15, 0.2) is 5.69 Å². The quantitative estimate of drug-likeness (QED) is 0.749. The van der Waals surface area contributed by atoms with Crippen molar-refractivity contribution in [2.24, 2.45) is 0 Å². The van der Waals surface area contributed by atoms with Gasteiger partial charge in [0.25, 0.3) is 0 Å². The maximum Gasteiger partial charge on any atom is 0.354 e. The van der Waals surface area contributed by atoms with E-state index in [-0.39, 0.29) is 11.6 Å². The predicted molar refractivity (Wildman–Crippen MR) is 47.2 cm³/mol. The van der Waals surface area contributed by atoms with Crippen molar-refractivity contribution < 1.29 is 14.6 Å². The fourth-order valence-electron chi connectivity index (χ4n) is 1.43. The molecule has 1 aromatic heterocycles. The summed E-state index contributed by atoms with van der Waals surface area (Å²) in [5, 5.41) is 8.73. The van der Waals surface area contributed by atoms with Crippen LogP contribution in [0.4, 0.5) is 0 Å². The molecule has 1 saturated heterocycles. The number of rotatable bonds is 2. The maximum absolute atomic E-state index is 10.6. The minimum absolute atomic E-state index is 0.0434. The first-order valence-corrected chi connectivity index (χ1v) is 4.41. The van der Waals surface area contributed by atoms with Crippen LogP contribution < -0.4 is 0 Å². The van der Waals surface area contributed by atoms with Crippen LogP contribution in [0.5, 0.6) is 0 Å². The molecule has 1 aromatic rings. The van der Waals surface area contributed by atoms with Crippen molar-refractivity contribution in [3.63, 3.8) is 0 Å². The second kappa shape index (κ2) is 3.71. The molecule has 0 spiro atoms. The third kappa shape index (κ3) is 1.72. The van der Waals surface area contributed by atoms with Crippen LogP contribution in [0.3, 0.4) is 0 Å². The van der Waals surface area contributed by atoms with Crippen molar-refractivity contribution in [1.82, 2.24) is 9.97 Å². The summed E-state index contributed by atoms with van der Waals surface area (Å²) in [5.74, 6) is -0.302. The third-order valence-electron chi connectivity index (χ3n) is 2.19. The molecule has 1 aliphatic rings. The van der Waals surface area contributed by atoms with E-state index in [0.29, 0.717) is 19.0 Å². The van der Waals surface area contributed by atoms with Crippen molar-refractivity contribution in [2.75, 3.05) is 13.2 Å². The molecule has 1 atom stereocenters. The van der Waals surface area contributed by atoms with Gasteiger partial charge in [-0.3, -0.25) is 0 Å². The lowest BCUT2D eigenvalue weighted by Gasteiger charge is -2.05. The number of aromatic nitrogens is 2. The normalized spacial score (nSPS) is 21.0. The number of carboxylic acid groups (broad SMARTS) is 1. The molecule has 0 amide bonds. The molecule has 1 aliphatic heterocycles. The Hall–Kier alpha value is -1.49. The van der Waals surface area contributed by atoms with Crippen LogP contribution in [0.1, 0.15) is 28.7 Å². The Morgan fingerprint density at radius 3 is 3.14 bits per heavy atom. The predicted octanol–water partition coefficient (Wildman–Crippen LogP) is 0.679. The van der Waals surface area contributed by atoms with Gasteiger partial charge in [-0.2, -0.15) is 0 Å². The number of ether oxygens (including phenoxy) is 1. The lowest BCUT2D eigenvalue weighted by molar-refractivity contribution is 0.0689. The van der Waals surface area contributed by atoms with E-state index in [4.69, 9.17) is 9.84 Å². The van der Waals surface area contributed by atoms with Crippen LogP contribution in [0.2, 0.25) is 0 Å². The fourth-order valence-corrected chi connectivity index (χ4v) is 1.43. The lowest BCUT2D eigenvalue weighted by atomic mass is 10.1. The van der Waals surface area contributed by atoms with Gasteiger partial charge in [0, 0.05) is 18.7 Å². The minimum Gasteiger partial charge on any atom is -0.477 e. The molecule has 0 saturated carbocycles. The van der Waals surface area contributed by atoms with Crippen LogP contribution in [0.15, 0.2) is 12.3 Å². The van der Waals surface area contributed by atoms with Gasteiger partial charge in [0.1, 0.15) is 5.82 Å². The van der Waals surface area contributed by atoms with E-state index in [0.717, 1.165) is 6.42 Å². The zero-order valence-electron chi connectivity index (χ0n) is 7.51. The van der Waals surface area contributed by atoms with Crippen LogP contribution in [0, 0.1) is 0 Å². The Kier molecular flexibility index (Phi) is 2.41. The molecule has 1 unspecified atom stereocenters. The van der Waals surface area contributed by atoms with Crippen LogP contribution >= 0.6 is 0 Å². The molecule has 5 heteroatoms. The van der Waals surface area contributed by atoms with E-state index in [2.05, 4.69) is 9.97 Å². The number of hydrogen-bond donors (Lipinski definition) is 1. The zero-order chi connectivity index (χ0) is 9.97. The standard InChI is InChI=1S/C9H10N2O3/c12-9(13)7-1-3-10-8(11-7)6-2-4-14-5-6/h1,3,6H,2,4-5H2,(H,12,13). The smallest absolute Gasteiger partial charge is 0.354 e. The SMILES string of the molecule is O=C(O)c1ccnc(C2CCOC2)n1. The first-order valence-electron chi connectivity index (χ1n) is 4.41. The van der Waals surface area contributed by atoms with Crippen LogP contribution in [0.25, 0.3) is 0 Å². The van der Waals surface area contributed by atoms with Crippen molar-refractivity contribution >= 4 is 5.97 Å². The summed E-state index contributed by atoms with van der Waals surface area (Å²) < 4.78 is 5.18. The second-order valence-electron chi connectivity index (χ2n) is 3.17. The van der Waals surface area contributed by atoms with Gasteiger partial charge >= 0.3 is 5.97 Å².